The summed E-state index contributed by atoms with van der Waals surface area (Å²) in [6.07, 6.45) is 4.19. The molecule has 0 atom stereocenters. The smallest absolute Gasteiger partial charge is 0.140 e. The van der Waals surface area contributed by atoms with Crippen LogP contribution in [0, 0.1) is 0 Å². The maximum atomic E-state index is 2.65. The molecule has 0 saturated carbocycles. The van der Waals surface area contributed by atoms with E-state index in [0.29, 0.717) is 5.54 Å². The molecule has 0 aromatic heterocycles. The quantitative estimate of drug-likeness (QED) is 0.592. The van der Waals surface area contributed by atoms with Crippen molar-refractivity contribution in [2.24, 2.45) is 0 Å². The van der Waals surface area contributed by atoms with Gasteiger partial charge < -0.3 is 0 Å². The fourth-order valence-corrected chi connectivity index (χ4v) is 2.58. The second kappa shape index (κ2) is 2.96. The van der Waals surface area contributed by atoms with Gasteiger partial charge in [0.1, 0.15) is 13.3 Å². The SMILES string of the molecule is CCC(C)(C)N1C[N+]2(CCCC2)C1. The molecule has 2 heteroatoms. The summed E-state index contributed by atoms with van der Waals surface area (Å²) in [6, 6.07) is 0. The topological polar surface area (TPSA) is 3.24 Å². The fourth-order valence-electron chi connectivity index (χ4n) is 2.58. The van der Waals surface area contributed by atoms with E-state index in [1.54, 1.807) is 0 Å². The third kappa shape index (κ3) is 1.50. The standard InChI is InChI=1S/C11H23N2/c1-4-11(2,3)12-9-13(10-12)7-5-6-8-13/h4-10H2,1-3H3/q+1. The highest BCUT2D eigenvalue weighted by molar-refractivity contribution is 4.81. The van der Waals surface area contributed by atoms with Crippen molar-refractivity contribution in [1.82, 2.24) is 4.90 Å². The number of hydrogen-bond donors (Lipinski definition) is 0. The molecular weight excluding hydrogens is 160 g/mol. The van der Waals surface area contributed by atoms with Gasteiger partial charge in [0.15, 0.2) is 0 Å². The van der Waals surface area contributed by atoms with E-state index < -0.39 is 0 Å². The molecule has 76 valence electrons. The van der Waals surface area contributed by atoms with Gasteiger partial charge in [-0.3, -0.25) is 4.48 Å². The average Bonchev–Trinajstić information content (AvgIpc) is 2.49. The first-order valence-corrected chi connectivity index (χ1v) is 5.68. The Hall–Kier alpha value is -0.0800. The Bertz CT molecular complexity index is 184. The molecule has 0 N–H and O–H groups in total. The van der Waals surface area contributed by atoms with Crippen LogP contribution in [0.5, 0.6) is 0 Å². The molecule has 2 saturated heterocycles. The second-order valence-electron chi connectivity index (χ2n) is 5.48. The summed E-state index contributed by atoms with van der Waals surface area (Å²) in [6.45, 7) is 12.6. The van der Waals surface area contributed by atoms with Crippen LogP contribution in [-0.4, -0.2) is 41.3 Å². The normalized spacial score (nSPS) is 27.9. The van der Waals surface area contributed by atoms with Crippen LogP contribution >= 0.6 is 0 Å². The Morgan fingerprint density at radius 3 is 2.15 bits per heavy atom. The van der Waals surface area contributed by atoms with Crippen molar-refractivity contribution in [1.29, 1.82) is 0 Å². The highest BCUT2D eigenvalue weighted by Crippen LogP contribution is 2.34. The summed E-state index contributed by atoms with van der Waals surface area (Å²) >= 11 is 0. The zero-order valence-electron chi connectivity index (χ0n) is 9.34. The van der Waals surface area contributed by atoms with Gasteiger partial charge in [0.05, 0.1) is 13.1 Å². The first-order chi connectivity index (χ1) is 6.08. The highest BCUT2D eigenvalue weighted by Gasteiger charge is 2.48. The average molecular weight is 183 g/mol. The number of hydrogen-bond acceptors (Lipinski definition) is 1. The van der Waals surface area contributed by atoms with Crippen LogP contribution in [0.15, 0.2) is 0 Å². The van der Waals surface area contributed by atoms with Crippen LogP contribution < -0.4 is 0 Å². The lowest BCUT2D eigenvalue weighted by Gasteiger charge is -2.55. The van der Waals surface area contributed by atoms with E-state index in [1.807, 2.05) is 0 Å². The van der Waals surface area contributed by atoms with E-state index in [4.69, 9.17) is 0 Å². The van der Waals surface area contributed by atoms with Crippen molar-refractivity contribution in [2.75, 3.05) is 26.4 Å². The van der Waals surface area contributed by atoms with E-state index in [0.717, 1.165) is 0 Å². The van der Waals surface area contributed by atoms with Gasteiger partial charge in [0.2, 0.25) is 0 Å². The Kier molecular flexibility index (Phi) is 2.16. The van der Waals surface area contributed by atoms with Gasteiger partial charge in [-0.1, -0.05) is 6.92 Å². The highest BCUT2D eigenvalue weighted by atomic mass is 15.6. The molecule has 2 fully saturated rings. The minimum Gasteiger partial charge on any atom is -0.298 e. The number of nitrogens with zero attached hydrogens (tertiary/aromatic N) is 2. The minimum atomic E-state index is 0.437. The van der Waals surface area contributed by atoms with E-state index in [1.165, 1.54) is 50.2 Å². The third-order valence-corrected chi connectivity index (χ3v) is 4.18. The van der Waals surface area contributed by atoms with Gasteiger partial charge >= 0.3 is 0 Å². The van der Waals surface area contributed by atoms with Gasteiger partial charge in [-0.25, -0.2) is 4.90 Å². The van der Waals surface area contributed by atoms with Crippen LogP contribution in [-0.2, 0) is 0 Å². The van der Waals surface area contributed by atoms with Crippen molar-refractivity contribution in [2.45, 2.75) is 45.6 Å². The maximum Gasteiger partial charge on any atom is 0.140 e. The predicted molar refractivity (Wildman–Crippen MR) is 55.2 cm³/mol. The fraction of sp³-hybridized carbons (Fsp3) is 1.00. The summed E-state index contributed by atoms with van der Waals surface area (Å²) in [7, 11) is 0. The molecule has 0 aliphatic carbocycles. The van der Waals surface area contributed by atoms with Crippen molar-refractivity contribution in [3.8, 4) is 0 Å². The minimum absolute atomic E-state index is 0.437. The van der Waals surface area contributed by atoms with Crippen LogP contribution in [0.25, 0.3) is 0 Å². The molecule has 0 bridgehead atoms. The van der Waals surface area contributed by atoms with Crippen molar-refractivity contribution >= 4 is 0 Å². The van der Waals surface area contributed by atoms with Crippen LogP contribution in [0.1, 0.15) is 40.0 Å². The Labute approximate surface area is 82.1 Å². The molecule has 2 heterocycles. The monoisotopic (exact) mass is 183 g/mol. The summed E-state index contributed by atoms with van der Waals surface area (Å²) < 4.78 is 1.41. The molecule has 0 aromatic rings. The van der Waals surface area contributed by atoms with Crippen LogP contribution in [0.2, 0.25) is 0 Å². The van der Waals surface area contributed by atoms with E-state index >= 15 is 0 Å². The Morgan fingerprint density at radius 1 is 1.15 bits per heavy atom. The number of rotatable bonds is 2. The first kappa shape index (κ1) is 9.47. The lowest BCUT2D eigenvalue weighted by molar-refractivity contribution is -0.988. The lowest BCUT2D eigenvalue weighted by atomic mass is 9.98. The molecule has 0 radical (unpaired) electrons. The van der Waals surface area contributed by atoms with E-state index in [2.05, 4.69) is 25.7 Å². The summed E-state index contributed by atoms with van der Waals surface area (Å²) in [5.74, 6) is 0. The first-order valence-electron chi connectivity index (χ1n) is 5.68. The molecule has 2 nitrogen and oxygen atoms in total. The Morgan fingerprint density at radius 2 is 1.69 bits per heavy atom. The molecular formula is C11H23N2+. The van der Waals surface area contributed by atoms with Gasteiger partial charge in [-0.2, -0.15) is 0 Å². The van der Waals surface area contributed by atoms with E-state index in [-0.39, 0.29) is 0 Å². The largest absolute Gasteiger partial charge is 0.298 e. The van der Waals surface area contributed by atoms with Crippen molar-refractivity contribution < 1.29 is 4.48 Å². The van der Waals surface area contributed by atoms with Crippen molar-refractivity contribution in [3.63, 3.8) is 0 Å². The van der Waals surface area contributed by atoms with E-state index in [9.17, 15) is 0 Å². The van der Waals surface area contributed by atoms with Crippen molar-refractivity contribution in [3.05, 3.63) is 0 Å². The third-order valence-electron chi connectivity index (χ3n) is 4.18. The molecule has 13 heavy (non-hydrogen) atoms. The Balaban J connectivity index is 1.90. The molecule has 0 amide bonds. The second-order valence-corrected chi connectivity index (χ2v) is 5.48. The molecule has 2 aliphatic rings. The van der Waals surface area contributed by atoms with Gasteiger partial charge in [0, 0.05) is 18.4 Å². The molecule has 1 spiro atoms. The summed E-state index contributed by atoms with van der Waals surface area (Å²) in [4.78, 5) is 2.65. The van der Waals surface area contributed by atoms with Gasteiger partial charge in [-0.15, -0.1) is 0 Å². The summed E-state index contributed by atoms with van der Waals surface area (Å²) in [5.41, 5.74) is 0.437. The number of quaternary nitrogens is 1. The molecule has 0 aromatic carbocycles. The zero-order valence-corrected chi connectivity index (χ0v) is 9.34. The molecule has 2 aliphatic heterocycles. The lowest BCUT2D eigenvalue weighted by Crippen LogP contribution is -2.72. The van der Waals surface area contributed by atoms with Gasteiger partial charge in [0.25, 0.3) is 0 Å². The maximum absolute atomic E-state index is 2.65. The summed E-state index contributed by atoms with van der Waals surface area (Å²) in [5, 5.41) is 0. The predicted octanol–water partition coefficient (Wildman–Crippen LogP) is 2.02. The van der Waals surface area contributed by atoms with Crippen LogP contribution in [0.4, 0.5) is 0 Å². The molecule has 2 rings (SSSR count). The van der Waals surface area contributed by atoms with Crippen LogP contribution in [0.3, 0.4) is 0 Å². The molecule has 0 unspecified atom stereocenters. The zero-order chi connectivity index (χ0) is 9.53. The van der Waals surface area contributed by atoms with Gasteiger partial charge in [-0.05, 0) is 20.3 Å².